The summed E-state index contributed by atoms with van der Waals surface area (Å²) in [6, 6.07) is 8.94. The predicted molar refractivity (Wildman–Crippen MR) is 89.0 cm³/mol. The second kappa shape index (κ2) is 10.4. The third kappa shape index (κ3) is 6.69. The lowest BCUT2D eigenvalue weighted by molar-refractivity contribution is 0.328. The summed E-state index contributed by atoms with van der Waals surface area (Å²) in [7, 11) is 0. The summed E-state index contributed by atoms with van der Waals surface area (Å²) in [5, 5.41) is 3.43. The normalized spacial score (nSPS) is 10.7. The maximum absolute atomic E-state index is 3.80. The molecule has 0 aliphatic carbocycles. The average molecular weight is 272 g/mol. The quantitative estimate of drug-likeness (QED) is 0.490. The first-order valence-electron chi connectivity index (χ1n) is 7.52. The Morgan fingerprint density at radius 3 is 2.15 bits per heavy atom. The van der Waals surface area contributed by atoms with Crippen LogP contribution in [0.1, 0.15) is 24.5 Å². The number of nitrogens with zero attached hydrogens (tertiary/aromatic N) is 1. The second-order valence-corrected chi connectivity index (χ2v) is 5.09. The highest BCUT2D eigenvalue weighted by atomic mass is 15.1. The van der Waals surface area contributed by atoms with E-state index in [0.717, 1.165) is 39.1 Å². The summed E-state index contributed by atoms with van der Waals surface area (Å²) in [6.07, 6.45) is 6.18. The van der Waals surface area contributed by atoms with E-state index in [1.165, 1.54) is 17.5 Å². The van der Waals surface area contributed by atoms with Crippen LogP contribution in [0.5, 0.6) is 0 Å². The van der Waals surface area contributed by atoms with Crippen molar-refractivity contribution in [2.24, 2.45) is 0 Å². The van der Waals surface area contributed by atoms with Crippen molar-refractivity contribution in [2.75, 3.05) is 26.2 Å². The van der Waals surface area contributed by atoms with Gasteiger partial charge in [0.15, 0.2) is 0 Å². The summed E-state index contributed by atoms with van der Waals surface area (Å²) in [6.45, 7) is 14.7. The van der Waals surface area contributed by atoms with Crippen LogP contribution in [0.2, 0.25) is 0 Å². The molecule has 0 bridgehead atoms. The zero-order valence-electron chi connectivity index (χ0n) is 12.8. The monoisotopic (exact) mass is 272 g/mol. The maximum Gasteiger partial charge on any atom is 0.0240 e. The second-order valence-electron chi connectivity index (χ2n) is 5.09. The molecule has 0 aromatic heterocycles. The number of hydrogen-bond donors (Lipinski definition) is 1. The number of nitrogens with one attached hydrogen (secondary N) is 1. The van der Waals surface area contributed by atoms with Crippen molar-refractivity contribution in [3.8, 4) is 0 Å². The molecule has 20 heavy (non-hydrogen) atoms. The molecule has 0 atom stereocenters. The molecule has 0 amide bonds. The predicted octanol–water partition coefficient (Wildman–Crippen LogP) is 3.40. The molecule has 1 aromatic carbocycles. The third-order valence-corrected chi connectivity index (χ3v) is 3.22. The Bertz CT molecular complexity index is 371. The van der Waals surface area contributed by atoms with E-state index in [9.17, 15) is 0 Å². The van der Waals surface area contributed by atoms with Crippen LogP contribution >= 0.6 is 0 Å². The molecular weight excluding hydrogens is 244 g/mol. The first-order valence-corrected chi connectivity index (χ1v) is 7.52. The maximum atomic E-state index is 3.80. The minimum Gasteiger partial charge on any atom is -0.316 e. The molecular formula is C18H28N2. The molecule has 1 N–H and O–H groups in total. The van der Waals surface area contributed by atoms with E-state index in [1.54, 1.807) is 0 Å². The summed E-state index contributed by atoms with van der Waals surface area (Å²) < 4.78 is 0. The van der Waals surface area contributed by atoms with Crippen molar-refractivity contribution in [2.45, 2.75) is 26.3 Å². The topological polar surface area (TPSA) is 15.3 Å². The Labute approximate surface area is 124 Å². The van der Waals surface area contributed by atoms with Gasteiger partial charge in [-0.2, -0.15) is 0 Å². The smallest absolute Gasteiger partial charge is 0.0240 e. The first kappa shape index (κ1) is 16.7. The van der Waals surface area contributed by atoms with Crippen molar-refractivity contribution < 1.29 is 0 Å². The van der Waals surface area contributed by atoms with E-state index < -0.39 is 0 Å². The van der Waals surface area contributed by atoms with Crippen LogP contribution < -0.4 is 5.32 Å². The molecule has 1 rings (SSSR count). The first-order chi connectivity index (χ1) is 9.80. The highest BCUT2D eigenvalue weighted by molar-refractivity contribution is 5.23. The van der Waals surface area contributed by atoms with Gasteiger partial charge in [0.2, 0.25) is 0 Å². The van der Waals surface area contributed by atoms with Gasteiger partial charge in [-0.15, -0.1) is 13.2 Å². The summed E-state index contributed by atoms with van der Waals surface area (Å²) in [4.78, 5) is 2.32. The highest BCUT2D eigenvalue weighted by Gasteiger charge is 2.02. The fourth-order valence-corrected chi connectivity index (χ4v) is 2.17. The minimum absolute atomic E-state index is 0.898. The minimum atomic E-state index is 0.898. The van der Waals surface area contributed by atoms with Gasteiger partial charge in [-0.25, -0.2) is 0 Å². The largest absolute Gasteiger partial charge is 0.316 e. The number of benzene rings is 1. The van der Waals surface area contributed by atoms with Gasteiger partial charge < -0.3 is 5.32 Å². The van der Waals surface area contributed by atoms with Crippen LogP contribution in [-0.4, -0.2) is 31.1 Å². The van der Waals surface area contributed by atoms with Gasteiger partial charge in [-0.05, 0) is 37.1 Å². The number of rotatable bonds is 11. The van der Waals surface area contributed by atoms with Gasteiger partial charge in [0.05, 0.1) is 0 Å². The van der Waals surface area contributed by atoms with Crippen LogP contribution in [-0.2, 0) is 13.0 Å². The number of hydrogen-bond acceptors (Lipinski definition) is 2. The lowest BCUT2D eigenvalue weighted by Gasteiger charge is -2.18. The summed E-state index contributed by atoms with van der Waals surface area (Å²) in [5.74, 6) is 0. The van der Waals surface area contributed by atoms with Crippen LogP contribution in [0.3, 0.4) is 0 Å². The Hall–Kier alpha value is -1.38. The van der Waals surface area contributed by atoms with Crippen molar-refractivity contribution >= 4 is 0 Å². The van der Waals surface area contributed by atoms with Crippen LogP contribution in [0.15, 0.2) is 49.6 Å². The van der Waals surface area contributed by atoms with E-state index >= 15 is 0 Å². The molecule has 2 nitrogen and oxygen atoms in total. The van der Waals surface area contributed by atoms with Crippen LogP contribution in [0.4, 0.5) is 0 Å². The summed E-state index contributed by atoms with van der Waals surface area (Å²) >= 11 is 0. The van der Waals surface area contributed by atoms with Gasteiger partial charge in [0.25, 0.3) is 0 Å². The lowest BCUT2D eigenvalue weighted by atomic mass is 10.1. The average Bonchev–Trinajstić information content (AvgIpc) is 2.46. The van der Waals surface area contributed by atoms with E-state index in [4.69, 9.17) is 0 Å². The molecule has 0 aliphatic rings. The van der Waals surface area contributed by atoms with Gasteiger partial charge in [-0.3, -0.25) is 4.90 Å². The van der Waals surface area contributed by atoms with Gasteiger partial charge in [0.1, 0.15) is 0 Å². The Balaban J connectivity index is 2.44. The van der Waals surface area contributed by atoms with Crippen molar-refractivity contribution in [3.05, 3.63) is 60.7 Å². The standard InChI is InChI=1S/C18H28N2/c1-4-12-19-13-11-17-7-9-18(10-8-17)16-20(14-5-2)15-6-3/h5-10,19H,2-4,11-16H2,1H3. The van der Waals surface area contributed by atoms with Crippen LogP contribution in [0, 0.1) is 0 Å². The molecule has 0 saturated carbocycles. The molecule has 110 valence electrons. The molecule has 0 spiro atoms. The van der Waals surface area contributed by atoms with E-state index in [2.05, 4.69) is 54.6 Å². The molecule has 0 radical (unpaired) electrons. The van der Waals surface area contributed by atoms with E-state index in [-0.39, 0.29) is 0 Å². The molecule has 0 unspecified atom stereocenters. The highest BCUT2D eigenvalue weighted by Crippen LogP contribution is 2.08. The fraction of sp³-hybridized carbons (Fsp3) is 0.444. The van der Waals surface area contributed by atoms with Crippen molar-refractivity contribution in [3.63, 3.8) is 0 Å². The SMILES string of the molecule is C=CCN(CC=C)Cc1ccc(CCNCCC)cc1. The fourth-order valence-electron chi connectivity index (χ4n) is 2.17. The zero-order chi connectivity index (χ0) is 14.6. The Kier molecular flexibility index (Phi) is 8.68. The lowest BCUT2D eigenvalue weighted by Crippen LogP contribution is -2.23. The van der Waals surface area contributed by atoms with E-state index in [0.29, 0.717) is 0 Å². The molecule has 1 aromatic rings. The Morgan fingerprint density at radius 1 is 1.00 bits per heavy atom. The van der Waals surface area contributed by atoms with E-state index in [1.807, 2.05) is 12.2 Å². The van der Waals surface area contributed by atoms with Crippen molar-refractivity contribution in [1.82, 2.24) is 10.2 Å². The van der Waals surface area contributed by atoms with Gasteiger partial charge >= 0.3 is 0 Å². The van der Waals surface area contributed by atoms with Gasteiger partial charge in [-0.1, -0.05) is 43.3 Å². The third-order valence-electron chi connectivity index (χ3n) is 3.22. The molecule has 0 fully saturated rings. The Morgan fingerprint density at radius 2 is 1.60 bits per heavy atom. The van der Waals surface area contributed by atoms with Gasteiger partial charge in [0, 0.05) is 19.6 Å². The zero-order valence-corrected chi connectivity index (χ0v) is 12.8. The summed E-state index contributed by atoms with van der Waals surface area (Å²) in [5.41, 5.74) is 2.75. The molecule has 0 heterocycles. The van der Waals surface area contributed by atoms with Crippen molar-refractivity contribution in [1.29, 1.82) is 0 Å². The molecule has 2 heteroatoms. The van der Waals surface area contributed by atoms with Crippen LogP contribution in [0.25, 0.3) is 0 Å². The molecule has 0 aliphatic heterocycles. The molecule has 0 saturated heterocycles.